The molecule has 1 saturated carbocycles. The molecule has 0 aromatic heterocycles. The third-order valence-corrected chi connectivity index (χ3v) is 4.48. The van der Waals surface area contributed by atoms with Crippen molar-refractivity contribution < 1.29 is 22.7 Å². The van der Waals surface area contributed by atoms with Crippen LogP contribution in [-0.4, -0.2) is 48.7 Å². The Hall–Kier alpha value is -0.780. The lowest BCUT2D eigenvalue weighted by Gasteiger charge is -2.27. The quantitative estimate of drug-likeness (QED) is 0.657. The monoisotopic (exact) mass is 249 g/mol. The summed E-state index contributed by atoms with van der Waals surface area (Å²) in [4.78, 5) is 13.4. The topological polar surface area (TPSA) is 29.5 Å². The second-order valence-electron chi connectivity index (χ2n) is 5.54. The molecule has 3 fully saturated rings. The number of alkyl halides is 3. The Labute approximate surface area is 96.9 Å². The molecule has 1 aliphatic carbocycles. The van der Waals surface area contributed by atoms with Crippen molar-refractivity contribution in [2.75, 3.05) is 20.2 Å². The predicted octanol–water partition coefficient (Wildman–Crippen LogP) is 1.37. The van der Waals surface area contributed by atoms with Crippen LogP contribution in [0.4, 0.5) is 13.2 Å². The van der Waals surface area contributed by atoms with Crippen LogP contribution < -0.4 is 0 Å². The van der Waals surface area contributed by atoms with Crippen LogP contribution in [0.15, 0.2) is 0 Å². The Balaban J connectivity index is 1.92. The van der Waals surface area contributed by atoms with E-state index in [1.165, 1.54) is 7.11 Å². The molecule has 0 aromatic carbocycles. The van der Waals surface area contributed by atoms with Crippen LogP contribution in [0.25, 0.3) is 0 Å². The number of fused-ring (bicyclic) bond motifs is 1. The summed E-state index contributed by atoms with van der Waals surface area (Å²) in [5.74, 6) is -3.28. The number of carbonyl (C=O) groups excluding carboxylic acids is 1. The zero-order valence-corrected chi connectivity index (χ0v) is 9.51. The smallest absolute Gasteiger partial charge is 0.326 e. The maximum atomic E-state index is 13.4. The fraction of sp³-hybridized carbons (Fsp3) is 0.909. The van der Waals surface area contributed by atoms with Crippen molar-refractivity contribution in [1.82, 2.24) is 4.90 Å². The molecule has 96 valence electrons. The van der Waals surface area contributed by atoms with Crippen molar-refractivity contribution >= 4 is 5.97 Å². The molecule has 2 aliphatic heterocycles. The van der Waals surface area contributed by atoms with Crippen molar-refractivity contribution in [2.45, 2.75) is 36.9 Å². The van der Waals surface area contributed by atoms with Crippen LogP contribution in [0.2, 0.25) is 0 Å². The second kappa shape index (κ2) is 2.96. The summed E-state index contributed by atoms with van der Waals surface area (Å²) in [6.07, 6.45) is -1.30. The lowest BCUT2D eigenvalue weighted by atomic mass is 9.88. The van der Waals surface area contributed by atoms with Gasteiger partial charge in [0, 0.05) is 25.9 Å². The van der Waals surface area contributed by atoms with Gasteiger partial charge in [0.2, 0.25) is 0 Å². The molecule has 1 spiro atoms. The highest BCUT2D eigenvalue weighted by Crippen LogP contribution is 2.69. The summed E-state index contributed by atoms with van der Waals surface area (Å²) in [6.45, 7) is 0.169. The number of halogens is 3. The van der Waals surface area contributed by atoms with E-state index in [2.05, 4.69) is 4.74 Å². The van der Waals surface area contributed by atoms with E-state index in [0.717, 1.165) is 0 Å². The Morgan fingerprint density at radius 2 is 2.06 bits per heavy atom. The molecule has 6 heteroatoms. The molecule has 3 aliphatic rings. The van der Waals surface area contributed by atoms with Crippen molar-refractivity contribution in [1.29, 1.82) is 0 Å². The van der Waals surface area contributed by atoms with E-state index in [4.69, 9.17) is 0 Å². The van der Waals surface area contributed by atoms with Crippen LogP contribution >= 0.6 is 0 Å². The van der Waals surface area contributed by atoms with Crippen molar-refractivity contribution in [3.8, 4) is 0 Å². The molecule has 0 aromatic rings. The van der Waals surface area contributed by atoms with Crippen LogP contribution in [0.5, 0.6) is 0 Å². The largest absolute Gasteiger partial charge is 0.468 e. The normalized spacial score (nSPS) is 47.2. The number of nitrogens with zero attached hydrogens (tertiary/aromatic N) is 1. The van der Waals surface area contributed by atoms with Gasteiger partial charge in [-0.15, -0.1) is 0 Å². The molecule has 0 N–H and O–H groups in total. The zero-order chi connectivity index (χ0) is 12.5. The van der Waals surface area contributed by atoms with Gasteiger partial charge in [-0.2, -0.15) is 0 Å². The third-order valence-electron chi connectivity index (χ3n) is 4.48. The molecule has 2 saturated heterocycles. The number of carbonyl (C=O) groups is 1. The Morgan fingerprint density at radius 3 is 2.59 bits per heavy atom. The maximum absolute atomic E-state index is 13.4. The number of hydrogen-bond acceptors (Lipinski definition) is 3. The van der Waals surface area contributed by atoms with Gasteiger partial charge in [-0.25, -0.2) is 13.2 Å². The van der Waals surface area contributed by atoms with Gasteiger partial charge in [0.25, 0.3) is 5.92 Å². The van der Waals surface area contributed by atoms with Crippen LogP contribution in [0, 0.1) is 5.41 Å². The molecular weight excluding hydrogens is 235 g/mol. The minimum atomic E-state index is -2.70. The number of esters is 1. The minimum absolute atomic E-state index is 0.0164. The van der Waals surface area contributed by atoms with Gasteiger partial charge in [0.1, 0.15) is 11.7 Å². The Kier molecular flexibility index (Phi) is 1.97. The van der Waals surface area contributed by atoms with Crippen LogP contribution in [0.1, 0.15) is 19.3 Å². The standard InChI is InChI=1S/C11H14F3NO2/c1-17-8(16)10-2-7(12)3-15(10)6-9(4-10)5-11(9,13)14/h7H,2-6H2,1H3/t7-,9?,10+/m1/s1. The first-order valence-electron chi connectivity index (χ1n) is 5.71. The van der Waals surface area contributed by atoms with E-state index in [0.29, 0.717) is 0 Å². The summed E-state index contributed by atoms with van der Waals surface area (Å²) >= 11 is 0. The van der Waals surface area contributed by atoms with Gasteiger partial charge in [-0.05, 0) is 6.42 Å². The highest BCUT2D eigenvalue weighted by Gasteiger charge is 2.79. The molecule has 0 bridgehead atoms. The van der Waals surface area contributed by atoms with E-state index in [-0.39, 0.29) is 32.4 Å². The van der Waals surface area contributed by atoms with Gasteiger partial charge in [0.15, 0.2) is 0 Å². The fourth-order valence-corrected chi connectivity index (χ4v) is 3.57. The summed E-state index contributed by atoms with van der Waals surface area (Å²) < 4.78 is 44.8. The second-order valence-corrected chi connectivity index (χ2v) is 5.54. The van der Waals surface area contributed by atoms with E-state index < -0.39 is 29.0 Å². The van der Waals surface area contributed by atoms with Gasteiger partial charge >= 0.3 is 5.97 Å². The third kappa shape index (κ3) is 1.25. The highest BCUT2D eigenvalue weighted by atomic mass is 19.3. The molecule has 0 radical (unpaired) electrons. The van der Waals surface area contributed by atoms with Crippen molar-refractivity contribution in [3.05, 3.63) is 0 Å². The minimum Gasteiger partial charge on any atom is -0.468 e. The van der Waals surface area contributed by atoms with Crippen molar-refractivity contribution in [3.63, 3.8) is 0 Å². The van der Waals surface area contributed by atoms with E-state index in [1.54, 1.807) is 4.90 Å². The Morgan fingerprint density at radius 1 is 1.41 bits per heavy atom. The van der Waals surface area contributed by atoms with E-state index in [9.17, 15) is 18.0 Å². The molecule has 3 rings (SSSR count). The lowest BCUT2D eigenvalue weighted by molar-refractivity contribution is -0.152. The molecule has 0 amide bonds. The first-order valence-corrected chi connectivity index (χ1v) is 5.71. The molecule has 2 heterocycles. The lowest BCUT2D eigenvalue weighted by Crippen LogP contribution is -2.46. The first-order chi connectivity index (χ1) is 7.85. The molecule has 3 atom stereocenters. The van der Waals surface area contributed by atoms with Crippen LogP contribution in [-0.2, 0) is 9.53 Å². The van der Waals surface area contributed by atoms with Gasteiger partial charge in [0.05, 0.1) is 12.5 Å². The molecule has 17 heavy (non-hydrogen) atoms. The van der Waals surface area contributed by atoms with Gasteiger partial charge in [-0.1, -0.05) is 0 Å². The predicted molar refractivity (Wildman–Crippen MR) is 52.4 cm³/mol. The van der Waals surface area contributed by atoms with Gasteiger partial charge < -0.3 is 4.74 Å². The summed E-state index contributed by atoms with van der Waals surface area (Å²) in [5.41, 5.74) is -2.25. The Bertz CT molecular complexity index is 389. The average molecular weight is 249 g/mol. The van der Waals surface area contributed by atoms with Crippen molar-refractivity contribution in [2.24, 2.45) is 5.41 Å². The first kappa shape index (κ1) is 11.3. The molecular formula is C11H14F3NO2. The summed E-state index contributed by atoms with van der Waals surface area (Å²) in [6, 6.07) is 0. The van der Waals surface area contributed by atoms with Gasteiger partial charge in [-0.3, -0.25) is 9.69 Å². The highest BCUT2D eigenvalue weighted by molar-refractivity contribution is 5.82. The molecule has 1 unspecified atom stereocenters. The summed E-state index contributed by atoms with van der Waals surface area (Å²) in [5, 5.41) is 0. The number of methoxy groups -OCH3 is 1. The number of hydrogen-bond donors (Lipinski definition) is 0. The SMILES string of the molecule is COC(=O)[C@@]12C[C@@H](F)CN1CC1(CC1(F)F)C2. The fourth-order valence-electron chi connectivity index (χ4n) is 3.57. The molecule has 3 nitrogen and oxygen atoms in total. The van der Waals surface area contributed by atoms with E-state index in [1.807, 2.05) is 0 Å². The summed E-state index contributed by atoms with van der Waals surface area (Å²) in [7, 11) is 1.22. The maximum Gasteiger partial charge on any atom is 0.326 e. The number of ether oxygens (including phenoxy) is 1. The number of rotatable bonds is 1. The van der Waals surface area contributed by atoms with Crippen LogP contribution in [0.3, 0.4) is 0 Å². The van der Waals surface area contributed by atoms with E-state index >= 15 is 0 Å². The average Bonchev–Trinajstić information content (AvgIpc) is 2.54. The zero-order valence-electron chi connectivity index (χ0n) is 9.51.